The van der Waals surface area contributed by atoms with Crippen molar-refractivity contribution in [3.63, 3.8) is 0 Å². The van der Waals surface area contributed by atoms with Gasteiger partial charge in [-0.05, 0) is 30.7 Å². The molecule has 162 valence electrons. The Morgan fingerprint density at radius 2 is 1.88 bits per heavy atom. The van der Waals surface area contributed by atoms with Crippen molar-refractivity contribution in [3.05, 3.63) is 89.9 Å². The molecule has 1 amide bonds. The van der Waals surface area contributed by atoms with Crippen LogP contribution in [0.2, 0.25) is 0 Å². The molecule has 0 aliphatic carbocycles. The highest BCUT2D eigenvalue weighted by Crippen LogP contribution is 2.22. The molecule has 0 bridgehead atoms. The van der Waals surface area contributed by atoms with Crippen molar-refractivity contribution in [2.75, 3.05) is 5.32 Å². The lowest BCUT2D eigenvalue weighted by atomic mass is 10.1. The van der Waals surface area contributed by atoms with E-state index < -0.39 is 0 Å². The number of anilines is 1. The summed E-state index contributed by atoms with van der Waals surface area (Å²) in [6.45, 7) is 1.94. The largest absolute Gasteiger partial charge is 0.335 e. The third-order valence-corrected chi connectivity index (χ3v) is 5.43. The molecule has 5 aromatic rings. The van der Waals surface area contributed by atoms with Crippen LogP contribution < -0.4 is 5.32 Å². The van der Waals surface area contributed by atoms with Crippen LogP contribution in [0.3, 0.4) is 0 Å². The summed E-state index contributed by atoms with van der Waals surface area (Å²) in [5.74, 6) is -0.415. The van der Waals surface area contributed by atoms with E-state index in [4.69, 9.17) is 0 Å². The summed E-state index contributed by atoms with van der Waals surface area (Å²) >= 11 is 0. The van der Waals surface area contributed by atoms with Gasteiger partial charge in [0.25, 0.3) is 0 Å². The molecule has 0 atom stereocenters. The Hall–Kier alpha value is -4.46. The predicted molar refractivity (Wildman–Crippen MR) is 125 cm³/mol. The highest BCUT2D eigenvalue weighted by atomic mass is 16.1. The molecule has 4 heterocycles. The van der Waals surface area contributed by atoms with Crippen molar-refractivity contribution in [2.24, 2.45) is 7.05 Å². The SMILES string of the molecule is Cc1ccc2ccc(CC(=O)Nc3cncc(C(=O)c4cn(C)c5ncncc45)c3)cc2n1. The molecular formula is C25H20N6O2. The van der Waals surface area contributed by atoms with Gasteiger partial charge in [-0.3, -0.25) is 19.6 Å². The Balaban J connectivity index is 1.35. The molecule has 1 aromatic carbocycles. The van der Waals surface area contributed by atoms with Crippen molar-refractivity contribution in [1.82, 2.24) is 24.5 Å². The first-order valence-electron chi connectivity index (χ1n) is 10.4. The van der Waals surface area contributed by atoms with Crippen LogP contribution in [-0.2, 0) is 18.3 Å². The van der Waals surface area contributed by atoms with Crippen LogP contribution in [0.25, 0.3) is 21.9 Å². The third kappa shape index (κ3) is 4.06. The summed E-state index contributed by atoms with van der Waals surface area (Å²) in [6.07, 6.45) is 7.98. The number of rotatable bonds is 5. The summed E-state index contributed by atoms with van der Waals surface area (Å²) in [5, 5.41) is 4.53. The maximum absolute atomic E-state index is 13.1. The Bertz CT molecular complexity index is 1540. The van der Waals surface area contributed by atoms with Gasteiger partial charge in [-0.1, -0.05) is 18.2 Å². The zero-order chi connectivity index (χ0) is 22.9. The van der Waals surface area contributed by atoms with Crippen molar-refractivity contribution >= 4 is 39.3 Å². The molecule has 0 aliphatic heterocycles. The molecule has 5 rings (SSSR count). The van der Waals surface area contributed by atoms with Crippen LogP contribution in [0.15, 0.2) is 67.5 Å². The number of pyridine rings is 2. The molecule has 0 unspecified atom stereocenters. The molecule has 0 aliphatic rings. The summed E-state index contributed by atoms with van der Waals surface area (Å²) in [6, 6.07) is 11.4. The normalized spacial score (nSPS) is 11.1. The highest BCUT2D eigenvalue weighted by molar-refractivity contribution is 6.16. The molecular weight excluding hydrogens is 416 g/mol. The van der Waals surface area contributed by atoms with Gasteiger partial charge >= 0.3 is 0 Å². The molecule has 8 heteroatoms. The van der Waals surface area contributed by atoms with E-state index in [1.165, 1.54) is 18.7 Å². The molecule has 0 saturated heterocycles. The second kappa shape index (κ2) is 8.23. The number of fused-ring (bicyclic) bond motifs is 2. The van der Waals surface area contributed by atoms with Crippen molar-refractivity contribution in [3.8, 4) is 0 Å². The summed E-state index contributed by atoms with van der Waals surface area (Å²) < 4.78 is 1.78. The fraction of sp³-hybridized carbons (Fsp3) is 0.120. The lowest BCUT2D eigenvalue weighted by Gasteiger charge is -2.08. The van der Waals surface area contributed by atoms with Crippen molar-refractivity contribution in [1.29, 1.82) is 0 Å². The van der Waals surface area contributed by atoms with E-state index in [-0.39, 0.29) is 18.1 Å². The second-order valence-corrected chi connectivity index (χ2v) is 7.91. The van der Waals surface area contributed by atoms with Gasteiger partial charge in [0.2, 0.25) is 5.91 Å². The van der Waals surface area contributed by atoms with Gasteiger partial charge in [0.1, 0.15) is 12.0 Å². The van der Waals surface area contributed by atoms with E-state index in [1.807, 2.05) is 44.3 Å². The number of amides is 1. The number of benzene rings is 1. The number of aryl methyl sites for hydroxylation is 2. The van der Waals surface area contributed by atoms with Crippen LogP contribution in [0.4, 0.5) is 5.69 Å². The minimum Gasteiger partial charge on any atom is -0.335 e. The van der Waals surface area contributed by atoms with Gasteiger partial charge in [-0.2, -0.15) is 0 Å². The molecule has 33 heavy (non-hydrogen) atoms. The van der Waals surface area contributed by atoms with E-state index >= 15 is 0 Å². The molecule has 0 spiro atoms. The number of nitrogens with zero attached hydrogens (tertiary/aromatic N) is 5. The number of hydrogen-bond acceptors (Lipinski definition) is 6. The van der Waals surface area contributed by atoms with E-state index in [9.17, 15) is 9.59 Å². The van der Waals surface area contributed by atoms with E-state index in [0.29, 0.717) is 27.8 Å². The molecule has 8 nitrogen and oxygen atoms in total. The van der Waals surface area contributed by atoms with Crippen molar-refractivity contribution in [2.45, 2.75) is 13.3 Å². The standard InChI is InChI=1S/C25H20N6O2/c1-15-3-5-17-6-4-16(7-22(17)29-15)8-23(32)30-19-9-18(10-26-11-19)24(33)21-13-31(2)25-20(21)12-27-14-28-25/h3-7,9-14H,8H2,1-2H3,(H,30,32). The van der Waals surface area contributed by atoms with Gasteiger partial charge in [0.15, 0.2) is 5.78 Å². The minimum atomic E-state index is -0.213. The zero-order valence-corrected chi connectivity index (χ0v) is 18.1. The van der Waals surface area contributed by atoms with Gasteiger partial charge in [-0.15, -0.1) is 0 Å². The maximum atomic E-state index is 13.1. The average Bonchev–Trinajstić information content (AvgIpc) is 3.15. The number of hydrogen-bond donors (Lipinski definition) is 1. The quantitative estimate of drug-likeness (QED) is 0.422. The molecule has 1 N–H and O–H groups in total. The maximum Gasteiger partial charge on any atom is 0.228 e. The Kier molecular flexibility index (Phi) is 5.10. The van der Waals surface area contributed by atoms with Crippen LogP contribution in [0.1, 0.15) is 27.2 Å². The number of ketones is 1. The number of nitrogens with one attached hydrogen (secondary N) is 1. The Morgan fingerprint density at radius 1 is 1.03 bits per heavy atom. The lowest BCUT2D eigenvalue weighted by molar-refractivity contribution is -0.115. The zero-order valence-electron chi connectivity index (χ0n) is 18.1. The summed E-state index contributed by atoms with van der Waals surface area (Å²) in [7, 11) is 1.82. The van der Waals surface area contributed by atoms with Crippen LogP contribution >= 0.6 is 0 Å². The first-order valence-corrected chi connectivity index (χ1v) is 10.4. The summed E-state index contributed by atoms with van der Waals surface area (Å²) in [4.78, 5) is 42.7. The first-order chi connectivity index (χ1) is 16.0. The monoisotopic (exact) mass is 436 g/mol. The van der Waals surface area contributed by atoms with Gasteiger partial charge < -0.3 is 9.88 Å². The van der Waals surface area contributed by atoms with Crippen molar-refractivity contribution < 1.29 is 9.59 Å². The first kappa shape index (κ1) is 20.4. The fourth-order valence-corrected chi connectivity index (χ4v) is 3.85. The number of carbonyl (C=O) groups excluding carboxylic acids is 2. The summed E-state index contributed by atoms with van der Waals surface area (Å²) in [5.41, 5.74) is 4.62. The molecule has 0 saturated carbocycles. The topological polar surface area (TPSA) is 103 Å². The smallest absolute Gasteiger partial charge is 0.228 e. The van der Waals surface area contributed by atoms with Gasteiger partial charge in [0, 0.05) is 47.7 Å². The highest BCUT2D eigenvalue weighted by Gasteiger charge is 2.18. The van der Waals surface area contributed by atoms with Gasteiger partial charge in [-0.25, -0.2) is 9.97 Å². The third-order valence-electron chi connectivity index (χ3n) is 5.43. The van der Waals surface area contributed by atoms with E-state index in [2.05, 4.69) is 25.3 Å². The fourth-order valence-electron chi connectivity index (χ4n) is 3.85. The minimum absolute atomic E-state index is 0.185. The predicted octanol–water partition coefficient (Wildman–Crippen LogP) is 3.63. The van der Waals surface area contributed by atoms with E-state index in [0.717, 1.165) is 22.2 Å². The van der Waals surface area contributed by atoms with Crippen LogP contribution in [0, 0.1) is 6.92 Å². The average molecular weight is 436 g/mol. The molecule has 0 radical (unpaired) electrons. The van der Waals surface area contributed by atoms with E-state index in [1.54, 1.807) is 23.0 Å². The van der Waals surface area contributed by atoms with Crippen LogP contribution in [-0.4, -0.2) is 36.2 Å². The number of carbonyl (C=O) groups is 2. The Labute approximate surface area is 189 Å². The number of aromatic nitrogens is 5. The second-order valence-electron chi connectivity index (χ2n) is 7.91. The van der Waals surface area contributed by atoms with Gasteiger partial charge in [0.05, 0.1) is 29.4 Å². The van der Waals surface area contributed by atoms with Crippen LogP contribution in [0.5, 0.6) is 0 Å². The Morgan fingerprint density at radius 3 is 2.76 bits per heavy atom. The molecule has 4 aromatic heterocycles. The lowest BCUT2D eigenvalue weighted by Crippen LogP contribution is -2.15. The molecule has 0 fully saturated rings.